The van der Waals surface area contributed by atoms with E-state index in [1.165, 1.54) is 24.1 Å². The molecule has 3 rings (SSSR count). The minimum Gasteiger partial charge on any atom is -0.480 e. The molecule has 1 aliphatic rings. The van der Waals surface area contributed by atoms with Gasteiger partial charge in [0.15, 0.2) is 0 Å². The van der Waals surface area contributed by atoms with Crippen LogP contribution in [0.15, 0.2) is 18.2 Å². The number of nitrogens with one attached hydrogen (secondary N) is 1. The lowest BCUT2D eigenvalue weighted by Crippen LogP contribution is -2.40. The van der Waals surface area contributed by atoms with Gasteiger partial charge in [0.2, 0.25) is 0 Å². The number of aliphatic carboxylic acids is 1. The van der Waals surface area contributed by atoms with Crippen LogP contribution in [-0.4, -0.2) is 52.7 Å². The first-order chi connectivity index (χ1) is 10.9. The molecule has 0 aliphatic carbocycles. The molecule has 0 spiro atoms. The number of likely N-dealkylation sites (tertiary alicyclic amines) is 1. The number of aromatic nitrogens is 1. The van der Waals surface area contributed by atoms with Crippen molar-refractivity contribution in [2.75, 3.05) is 13.7 Å². The average molecular weight is 320 g/mol. The molecular weight excluding hydrogens is 303 g/mol. The highest BCUT2D eigenvalue weighted by Gasteiger charge is 2.40. The van der Waals surface area contributed by atoms with Crippen molar-refractivity contribution in [2.24, 2.45) is 0 Å². The van der Waals surface area contributed by atoms with Gasteiger partial charge >= 0.3 is 5.97 Å². The number of carboxylic acid groups (broad SMARTS) is 1. The number of hydrogen-bond donors (Lipinski definition) is 2. The molecule has 0 radical (unpaired) electrons. The summed E-state index contributed by atoms with van der Waals surface area (Å²) in [6.45, 7) is 1.97. The van der Waals surface area contributed by atoms with E-state index in [0.717, 1.165) is 5.39 Å². The van der Waals surface area contributed by atoms with Crippen LogP contribution in [0.4, 0.5) is 4.39 Å². The van der Waals surface area contributed by atoms with Gasteiger partial charge in [0.25, 0.3) is 5.91 Å². The number of fused-ring (bicyclic) bond motifs is 1. The number of ether oxygens (including phenoxy) is 1. The van der Waals surface area contributed by atoms with Crippen molar-refractivity contribution in [3.63, 3.8) is 0 Å². The molecule has 23 heavy (non-hydrogen) atoms. The van der Waals surface area contributed by atoms with E-state index >= 15 is 0 Å². The number of methoxy groups -OCH3 is 1. The molecule has 1 fully saturated rings. The van der Waals surface area contributed by atoms with Gasteiger partial charge in [-0.3, -0.25) is 4.79 Å². The Bertz CT molecular complexity index is 786. The van der Waals surface area contributed by atoms with Crippen molar-refractivity contribution in [1.82, 2.24) is 9.88 Å². The molecule has 1 saturated heterocycles. The van der Waals surface area contributed by atoms with Crippen molar-refractivity contribution in [1.29, 1.82) is 0 Å². The van der Waals surface area contributed by atoms with E-state index in [1.807, 2.05) is 0 Å². The number of hydrogen-bond acceptors (Lipinski definition) is 3. The summed E-state index contributed by atoms with van der Waals surface area (Å²) in [6, 6.07) is 3.42. The number of rotatable bonds is 3. The van der Waals surface area contributed by atoms with Crippen LogP contribution in [0.2, 0.25) is 0 Å². The summed E-state index contributed by atoms with van der Waals surface area (Å²) >= 11 is 0. The number of halogens is 1. The van der Waals surface area contributed by atoms with E-state index < -0.39 is 17.9 Å². The van der Waals surface area contributed by atoms with Crippen LogP contribution >= 0.6 is 0 Å². The molecule has 2 atom stereocenters. The van der Waals surface area contributed by atoms with E-state index in [2.05, 4.69) is 4.98 Å². The van der Waals surface area contributed by atoms with Crippen LogP contribution in [0, 0.1) is 12.7 Å². The third-order valence-corrected chi connectivity index (χ3v) is 4.28. The molecule has 1 aromatic carbocycles. The number of benzene rings is 1. The fraction of sp³-hybridized carbons (Fsp3) is 0.375. The SMILES string of the molecule is COC1CC(C(=O)O)N(C(=O)c2cc3c(C)cc(F)cc3[nH]2)C1. The lowest BCUT2D eigenvalue weighted by atomic mass is 10.1. The van der Waals surface area contributed by atoms with Crippen LogP contribution in [0.3, 0.4) is 0 Å². The minimum atomic E-state index is -1.06. The zero-order valence-electron chi connectivity index (χ0n) is 12.8. The number of carbonyl (C=O) groups is 2. The monoisotopic (exact) mass is 320 g/mol. The molecule has 0 bridgehead atoms. The first-order valence-electron chi connectivity index (χ1n) is 7.26. The van der Waals surface area contributed by atoms with Crippen LogP contribution in [0.1, 0.15) is 22.5 Å². The molecule has 1 amide bonds. The van der Waals surface area contributed by atoms with Crippen LogP contribution < -0.4 is 0 Å². The van der Waals surface area contributed by atoms with Gasteiger partial charge in [-0.1, -0.05) is 0 Å². The van der Waals surface area contributed by atoms with Gasteiger partial charge in [-0.25, -0.2) is 9.18 Å². The second-order valence-electron chi connectivity index (χ2n) is 5.77. The quantitative estimate of drug-likeness (QED) is 0.905. The van der Waals surface area contributed by atoms with Gasteiger partial charge in [-0.05, 0) is 30.7 Å². The number of H-pyrrole nitrogens is 1. The van der Waals surface area contributed by atoms with Crippen LogP contribution in [-0.2, 0) is 9.53 Å². The Labute approximate surface area is 131 Å². The lowest BCUT2D eigenvalue weighted by molar-refractivity contribution is -0.141. The molecule has 2 aromatic rings. The summed E-state index contributed by atoms with van der Waals surface area (Å²) in [5, 5.41) is 10.0. The summed E-state index contributed by atoms with van der Waals surface area (Å²) in [5.41, 5.74) is 1.47. The molecule has 2 unspecified atom stereocenters. The Morgan fingerprint density at radius 2 is 2.13 bits per heavy atom. The number of carbonyl (C=O) groups excluding carboxylic acids is 1. The number of amides is 1. The maximum absolute atomic E-state index is 13.5. The summed E-state index contributed by atoms with van der Waals surface area (Å²) in [6.07, 6.45) is -0.0468. The zero-order chi connectivity index (χ0) is 16.7. The first kappa shape index (κ1) is 15.5. The Balaban J connectivity index is 1.96. The van der Waals surface area contributed by atoms with Gasteiger partial charge < -0.3 is 19.7 Å². The highest BCUT2D eigenvalue weighted by Crippen LogP contribution is 2.26. The van der Waals surface area contributed by atoms with Crippen molar-refractivity contribution in [3.8, 4) is 0 Å². The molecule has 122 valence electrons. The molecular formula is C16H17FN2O4. The van der Waals surface area contributed by atoms with Crippen molar-refractivity contribution in [2.45, 2.75) is 25.5 Å². The normalized spacial score (nSPS) is 21.1. The minimum absolute atomic E-state index is 0.217. The Kier molecular flexibility index (Phi) is 3.81. The first-order valence-corrected chi connectivity index (χ1v) is 7.26. The summed E-state index contributed by atoms with van der Waals surface area (Å²) in [4.78, 5) is 28.2. The Morgan fingerprint density at radius 3 is 2.78 bits per heavy atom. The molecule has 2 N–H and O–H groups in total. The van der Waals surface area contributed by atoms with E-state index in [0.29, 0.717) is 11.1 Å². The second kappa shape index (κ2) is 5.66. The molecule has 1 aromatic heterocycles. The lowest BCUT2D eigenvalue weighted by Gasteiger charge is -2.20. The van der Waals surface area contributed by atoms with E-state index in [1.54, 1.807) is 13.0 Å². The second-order valence-corrected chi connectivity index (χ2v) is 5.77. The number of aryl methyl sites for hydroxylation is 1. The highest BCUT2D eigenvalue weighted by atomic mass is 19.1. The van der Waals surface area contributed by atoms with Crippen molar-refractivity contribution >= 4 is 22.8 Å². The number of aromatic amines is 1. The van der Waals surface area contributed by atoms with E-state index in [4.69, 9.17) is 4.74 Å². The fourth-order valence-corrected chi connectivity index (χ4v) is 3.07. The highest BCUT2D eigenvalue weighted by molar-refractivity contribution is 6.00. The Morgan fingerprint density at radius 1 is 1.39 bits per heavy atom. The predicted molar refractivity (Wildman–Crippen MR) is 80.9 cm³/mol. The summed E-state index contributed by atoms with van der Waals surface area (Å²) in [7, 11) is 1.49. The van der Waals surface area contributed by atoms with Gasteiger partial charge in [0.05, 0.1) is 6.10 Å². The largest absolute Gasteiger partial charge is 0.480 e. The maximum Gasteiger partial charge on any atom is 0.326 e. The Hall–Kier alpha value is -2.41. The van der Waals surface area contributed by atoms with Gasteiger partial charge in [0, 0.05) is 31.0 Å². The van der Waals surface area contributed by atoms with Crippen molar-refractivity contribution in [3.05, 3.63) is 35.3 Å². The molecule has 6 nitrogen and oxygen atoms in total. The van der Waals surface area contributed by atoms with Gasteiger partial charge in [-0.15, -0.1) is 0 Å². The van der Waals surface area contributed by atoms with Crippen LogP contribution in [0.5, 0.6) is 0 Å². The molecule has 2 heterocycles. The predicted octanol–water partition coefficient (Wildman–Crippen LogP) is 1.93. The summed E-state index contributed by atoms with van der Waals surface area (Å²) < 4.78 is 18.6. The molecule has 7 heteroatoms. The third kappa shape index (κ3) is 2.68. The van der Waals surface area contributed by atoms with Crippen molar-refractivity contribution < 1.29 is 23.8 Å². The fourth-order valence-electron chi connectivity index (χ4n) is 3.07. The zero-order valence-corrected chi connectivity index (χ0v) is 12.8. The molecule has 1 aliphatic heterocycles. The van der Waals surface area contributed by atoms with Crippen LogP contribution in [0.25, 0.3) is 10.9 Å². The molecule has 0 saturated carbocycles. The smallest absolute Gasteiger partial charge is 0.326 e. The van der Waals surface area contributed by atoms with Gasteiger partial charge in [-0.2, -0.15) is 0 Å². The van der Waals surface area contributed by atoms with E-state index in [-0.39, 0.29) is 30.6 Å². The maximum atomic E-state index is 13.5. The number of nitrogens with zero attached hydrogens (tertiary/aromatic N) is 1. The topological polar surface area (TPSA) is 82.6 Å². The summed E-state index contributed by atoms with van der Waals surface area (Å²) in [5.74, 6) is -1.87. The average Bonchev–Trinajstić information content (AvgIpc) is 3.10. The third-order valence-electron chi connectivity index (χ3n) is 4.28. The number of carboxylic acids is 1. The standard InChI is InChI=1S/C16H17FN2O4/c1-8-3-9(17)4-12-11(8)6-13(18-12)15(20)19-7-10(23-2)5-14(19)16(21)22/h3-4,6,10,14,18H,5,7H2,1-2H3,(H,21,22). The van der Waals surface area contributed by atoms with E-state index in [9.17, 15) is 19.1 Å². The van der Waals surface area contributed by atoms with Gasteiger partial charge in [0.1, 0.15) is 17.6 Å².